The predicted molar refractivity (Wildman–Crippen MR) is 109 cm³/mol. The van der Waals surface area contributed by atoms with Gasteiger partial charge in [-0.05, 0) is 30.3 Å². The average molecular weight is 391 g/mol. The second-order valence-electron chi connectivity index (χ2n) is 6.27. The van der Waals surface area contributed by atoms with Crippen molar-refractivity contribution in [2.75, 3.05) is 12.3 Å². The molecule has 0 aliphatic carbocycles. The predicted octanol–water partition coefficient (Wildman–Crippen LogP) is 2.99. The highest BCUT2D eigenvalue weighted by atomic mass is 16.5. The van der Waals surface area contributed by atoms with Gasteiger partial charge in [0.1, 0.15) is 18.1 Å². The second kappa shape index (κ2) is 9.36. The standard InChI is InChI=1S/C15H14N2O3.C7H7NO/c16-13-8-17-5-3-10(13)9-20-11-1-2-12-14(18)4-6-19-15(12)7-11;8-7(9)6-4-2-1-3-5-6/h1-3,5,7-8H,4,6,9,16H2;1-5H,(H2,8,9). The zero-order chi connectivity index (χ0) is 20.6. The SMILES string of the molecule is NC(=O)c1ccccc1.Nc1cnccc1COc1ccc2c(c1)OCCC2=O. The van der Waals surface area contributed by atoms with Crippen molar-refractivity contribution in [3.8, 4) is 11.5 Å². The van der Waals surface area contributed by atoms with Crippen LogP contribution in [0.1, 0.15) is 32.7 Å². The van der Waals surface area contributed by atoms with Crippen LogP contribution in [0.4, 0.5) is 5.69 Å². The fourth-order valence-corrected chi connectivity index (χ4v) is 2.66. The molecular formula is C22H21N3O4. The Balaban J connectivity index is 0.000000224. The number of anilines is 1. The van der Waals surface area contributed by atoms with Gasteiger partial charge in [-0.15, -0.1) is 0 Å². The molecule has 0 bridgehead atoms. The van der Waals surface area contributed by atoms with Crippen molar-refractivity contribution in [2.24, 2.45) is 5.73 Å². The van der Waals surface area contributed by atoms with Crippen LogP contribution in [-0.4, -0.2) is 23.3 Å². The number of hydrogen-bond acceptors (Lipinski definition) is 6. The Morgan fingerprint density at radius 1 is 1.14 bits per heavy atom. The topological polar surface area (TPSA) is 118 Å². The number of aromatic nitrogens is 1. The number of ether oxygens (including phenoxy) is 2. The van der Waals surface area contributed by atoms with Crippen molar-refractivity contribution in [1.29, 1.82) is 0 Å². The molecule has 148 valence electrons. The molecule has 0 radical (unpaired) electrons. The van der Waals surface area contributed by atoms with Gasteiger partial charge in [0.2, 0.25) is 5.91 Å². The Bertz CT molecular complexity index is 1010. The molecule has 2 heterocycles. The maximum Gasteiger partial charge on any atom is 0.248 e. The normalized spacial score (nSPS) is 12.1. The summed E-state index contributed by atoms with van der Waals surface area (Å²) in [5.41, 5.74) is 13.4. The van der Waals surface area contributed by atoms with E-state index in [1.807, 2.05) is 12.1 Å². The fraction of sp³-hybridized carbons (Fsp3) is 0.136. The first kappa shape index (κ1) is 19.9. The van der Waals surface area contributed by atoms with Crippen LogP contribution >= 0.6 is 0 Å². The van der Waals surface area contributed by atoms with Gasteiger partial charge in [0.05, 0.1) is 24.1 Å². The van der Waals surface area contributed by atoms with E-state index in [1.54, 1.807) is 54.9 Å². The fourth-order valence-electron chi connectivity index (χ4n) is 2.66. The van der Waals surface area contributed by atoms with Crippen molar-refractivity contribution in [1.82, 2.24) is 4.98 Å². The Hall–Kier alpha value is -3.87. The first-order valence-electron chi connectivity index (χ1n) is 9.00. The van der Waals surface area contributed by atoms with Crippen molar-refractivity contribution >= 4 is 17.4 Å². The van der Waals surface area contributed by atoms with Crippen LogP contribution in [0, 0.1) is 0 Å². The molecule has 1 aliphatic heterocycles. The van der Waals surface area contributed by atoms with Gasteiger partial charge < -0.3 is 20.9 Å². The molecule has 0 saturated heterocycles. The Morgan fingerprint density at radius 2 is 1.93 bits per heavy atom. The van der Waals surface area contributed by atoms with Crippen molar-refractivity contribution in [3.63, 3.8) is 0 Å². The molecule has 0 unspecified atom stereocenters. The largest absolute Gasteiger partial charge is 0.492 e. The summed E-state index contributed by atoms with van der Waals surface area (Å²) in [6, 6.07) is 15.8. The molecule has 7 heteroatoms. The van der Waals surface area contributed by atoms with E-state index in [4.69, 9.17) is 20.9 Å². The lowest BCUT2D eigenvalue weighted by atomic mass is 10.1. The Morgan fingerprint density at radius 3 is 2.62 bits per heavy atom. The third-order valence-corrected chi connectivity index (χ3v) is 4.24. The lowest BCUT2D eigenvalue weighted by Crippen LogP contribution is -2.15. The summed E-state index contributed by atoms with van der Waals surface area (Å²) in [4.78, 5) is 26.0. The minimum atomic E-state index is -0.379. The number of rotatable bonds is 4. The van der Waals surface area contributed by atoms with E-state index in [2.05, 4.69) is 4.98 Å². The molecule has 4 N–H and O–H groups in total. The van der Waals surface area contributed by atoms with Crippen LogP contribution in [-0.2, 0) is 6.61 Å². The molecule has 3 aromatic rings. The molecule has 2 aromatic carbocycles. The van der Waals surface area contributed by atoms with Gasteiger partial charge in [-0.3, -0.25) is 14.6 Å². The highest BCUT2D eigenvalue weighted by Gasteiger charge is 2.18. The quantitative estimate of drug-likeness (QED) is 0.706. The molecule has 4 rings (SSSR count). The van der Waals surface area contributed by atoms with Crippen molar-refractivity contribution in [2.45, 2.75) is 13.0 Å². The number of carbonyl (C=O) groups excluding carboxylic acids is 2. The molecule has 1 amide bonds. The van der Waals surface area contributed by atoms with Gasteiger partial charge in [-0.1, -0.05) is 18.2 Å². The van der Waals surface area contributed by atoms with Crippen LogP contribution in [0.2, 0.25) is 0 Å². The van der Waals surface area contributed by atoms with E-state index in [-0.39, 0.29) is 11.7 Å². The number of amides is 1. The third-order valence-electron chi connectivity index (χ3n) is 4.24. The number of benzene rings is 2. The summed E-state index contributed by atoms with van der Waals surface area (Å²) >= 11 is 0. The number of nitrogen functional groups attached to an aromatic ring is 1. The lowest BCUT2D eigenvalue weighted by molar-refractivity contribution is 0.0932. The molecular weight excluding hydrogens is 370 g/mol. The van der Waals surface area contributed by atoms with Gasteiger partial charge in [0.25, 0.3) is 0 Å². The van der Waals surface area contributed by atoms with Crippen LogP contribution in [0.25, 0.3) is 0 Å². The van der Waals surface area contributed by atoms with Gasteiger partial charge >= 0.3 is 0 Å². The van der Waals surface area contributed by atoms with E-state index in [1.165, 1.54) is 0 Å². The summed E-state index contributed by atoms with van der Waals surface area (Å²) in [6.07, 6.45) is 3.69. The van der Waals surface area contributed by atoms with Crippen molar-refractivity contribution < 1.29 is 19.1 Å². The third kappa shape index (κ3) is 5.32. The first-order chi connectivity index (χ1) is 14.0. The summed E-state index contributed by atoms with van der Waals surface area (Å²) in [6.45, 7) is 0.772. The van der Waals surface area contributed by atoms with E-state index in [0.717, 1.165) is 5.56 Å². The summed E-state index contributed by atoms with van der Waals surface area (Å²) in [7, 11) is 0. The lowest BCUT2D eigenvalue weighted by Gasteiger charge is -2.17. The molecule has 0 fully saturated rings. The highest BCUT2D eigenvalue weighted by molar-refractivity contribution is 5.99. The number of primary amides is 1. The van der Waals surface area contributed by atoms with Crippen LogP contribution < -0.4 is 20.9 Å². The molecule has 0 spiro atoms. The van der Waals surface area contributed by atoms with Crippen molar-refractivity contribution in [3.05, 3.63) is 83.7 Å². The first-order valence-corrected chi connectivity index (χ1v) is 9.00. The maximum absolute atomic E-state index is 11.7. The molecule has 1 aromatic heterocycles. The van der Waals surface area contributed by atoms with Crippen LogP contribution in [0.5, 0.6) is 11.5 Å². The van der Waals surface area contributed by atoms with Gasteiger partial charge in [-0.25, -0.2) is 0 Å². The molecule has 0 atom stereocenters. The summed E-state index contributed by atoms with van der Waals surface area (Å²) in [5, 5.41) is 0. The second-order valence-corrected chi connectivity index (χ2v) is 6.27. The zero-order valence-electron chi connectivity index (χ0n) is 15.7. The molecule has 0 saturated carbocycles. The van der Waals surface area contributed by atoms with Gasteiger partial charge in [0.15, 0.2) is 5.78 Å². The summed E-state index contributed by atoms with van der Waals surface area (Å²) in [5.74, 6) is 0.961. The highest BCUT2D eigenvalue weighted by Crippen LogP contribution is 2.29. The number of nitrogens with zero attached hydrogens (tertiary/aromatic N) is 1. The zero-order valence-corrected chi connectivity index (χ0v) is 15.7. The number of carbonyl (C=O) groups is 2. The molecule has 29 heavy (non-hydrogen) atoms. The van der Waals surface area contributed by atoms with E-state index in [9.17, 15) is 9.59 Å². The molecule has 1 aliphatic rings. The monoisotopic (exact) mass is 391 g/mol. The van der Waals surface area contributed by atoms with E-state index < -0.39 is 0 Å². The minimum Gasteiger partial charge on any atom is -0.492 e. The number of hydrogen-bond donors (Lipinski definition) is 2. The maximum atomic E-state index is 11.7. The number of fused-ring (bicyclic) bond motifs is 1. The van der Waals surface area contributed by atoms with E-state index in [0.29, 0.717) is 47.9 Å². The van der Waals surface area contributed by atoms with Crippen LogP contribution in [0.15, 0.2) is 67.0 Å². The number of pyridine rings is 1. The number of ketones is 1. The van der Waals surface area contributed by atoms with E-state index >= 15 is 0 Å². The summed E-state index contributed by atoms with van der Waals surface area (Å²) < 4.78 is 11.1. The smallest absolute Gasteiger partial charge is 0.248 e. The minimum absolute atomic E-state index is 0.108. The van der Waals surface area contributed by atoms with Gasteiger partial charge in [0, 0.05) is 29.8 Å². The molecule has 7 nitrogen and oxygen atoms in total. The van der Waals surface area contributed by atoms with Gasteiger partial charge in [-0.2, -0.15) is 0 Å². The Labute approximate surface area is 168 Å². The number of nitrogens with two attached hydrogens (primary N) is 2. The van der Waals surface area contributed by atoms with Crippen LogP contribution in [0.3, 0.4) is 0 Å². The number of Topliss-reactive ketones (excluding diaryl/α,β-unsaturated/α-hetero) is 1. The average Bonchev–Trinajstić information content (AvgIpc) is 2.74. The Kier molecular flexibility index (Phi) is 6.42.